The molecule has 0 spiro atoms. The molecule has 1 N–H and O–H groups in total. The van der Waals surface area contributed by atoms with E-state index in [1.807, 2.05) is 12.1 Å². The molecule has 0 aliphatic carbocycles. The van der Waals surface area contributed by atoms with E-state index in [0.29, 0.717) is 12.2 Å². The number of carbonyl (C=O) groups excluding carboxylic acids is 1. The molecule has 16 heavy (non-hydrogen) atoms. The molecule has 2 heteroatoms. The molecule has 0 bridgehead atoms. The number of nitrogens with one attached hydrogen (secondary N) is 1. The molecule has 1 aliphatic rings. The minimum absolute atomic E-state index is 0.129. The molecule has 1 heterocycles. The molecule has 2 nitrogen and oxygen atoms in total. The van der Waals surface area contributed by atoms with Gasteiger partial charge in [-0.05, 0) is 43.9 Å². The molecule has 1 aromatic rings. The number of Topliss-reactive ketones (excluding diaryl/α,β-unsaturated/α-hetero) is 1. The van der Waals surface area contributed by atoms with Gasteiger partial charge in [-0.25, -0.2) is 0 Å². The van der Waals surface area contributed by atoms with Crippen LogP contribution in [0.5, 0.6) is 0 Å². The number of ketones is 1. The Bertz CT molecular complexity index is 367. The van der Waals surface area contributed by atoms with Crippen molar-refractivity contribution in [3.05, 3.63) is 35.4 Å². The van der Waals surface area contributed by atoms with Gasteiger partial charge in [0.15, 0.2) is 0 Å². The number of aryl methyl sites for hydroxylation is 2. The topological polar surface area (TPSA) is 29.1 Å². The van der Waals surface area contributed by atoms with Gasteiger partial charge < -0.3 is 5.32 Å². The van der Waals surface area contributed by atoms with E-state index in [0.717, 1.165) is 25.8 Å². The lowest BCUT2D eigenvalue weighted by Crippen LogP contribution is -2.30. The van der Waals surface area contributed by atoms with E-state index in [-0.39, 0.29) is 6.04 Å². The molecule has 1 unspecified atom stereocenters. The second-order valence-electron chi connectivity index (χ2n) is 4.54. The van der Waals surface area contributed by atoms with Gasteiger partial charge >= 0.3 is 0 Å². The van der Waals surface area contributed by atoms with Gasteiger partial charge in [-0.2, -0.15) is 0 Å². The van der Waals surface area contributed by atoms with Crippen LogP contribution in [-0.4, -0.2) is 18.4 Å². The Hall–Kier alpha value is -1.15. The number of rotatable bonds is 4. The van der Waals surface area contributed by atoms with Crippen molar-refractivity contribution in [3.8, 4) is 0 Å². The molecule has 1 fully saturated rings. The van der Waals surface area contributed by atoms with Crippen molar-refractivity contribution in [2.24, 2.45) is 0 Å². The van der Waals surface area contributed by atoms with E-state index in [9.17, 15) is 4.79 Å². The summed E-state index contributed by atoms with van der Waals surface area (Å²) < 4.78 is 0. The monoisotopic (exact) mass is 217 g/mol. The summed E-state index contributed by atoms with van der Waals surface area (Å²) in [5.41, 5.74) is 2.59. The smallest absolute Gasteiger partial charge is 0.150 e. The highest BCUT2D eigenvalue weighted by Gasteiger charge is 2.21. The van der Waals surface area contributed by atoms with Gasteiger partial charge in [0.25, 0.3) is 0 Å². The average Bonchev–Trinajstić information content (AvgIpc) is 2.81. The third-order valence-corrected chi connectivity index (χ3v) is 3.35. The Morgan fingerprint density at radius 1 is 1.44 bits per heavy atom. The van der Waals surface area contributed by atoms with E-state index in [1.54, 1.807) is 0 Å². The summed E-state index contributed by atoms with van der Waals surface area (Å²) in [5.74, 6) is 0.376. The summed E-state index contributed by atoms with van der Waals surface area (Å²) in [6.45, 7) is 3.11. The lowest BCUT2D eigenvalue weighted by Gasteiger charge is -2.09. The largest absolute Gasteiger partial charge is 0.307 e. The molecular weight excluding hydrogens is 198 g/mol. The maximum atomic E-state index is 11.9. The number of carbonyl (C=O) groups is 1. The minimum Gasteiger partial charge on any atom is -0.307 e. The fourth-order valence-corrected chi connectivity index (χ4v) is 2.28. The third kappa shape index (κ3) is 2.70. The highest BCUT2D eigenvalue weighted by molar-refractivity contribution is 5.84. The predicted octanol–water partition coefficient (Wildman–Crippen LogP) is 2.25. The second kappa shape index (κ2) is 5.26. The van der Waals surface area contributed by atoms with E-state index in [1.165, 1.54) is 11.1 Å². The summed E-state index contributed by atoms with van der Waals surface area (Å²) in [7, 11) is 0. The Balaban J connectivity index is 1.87. The highest BCUT2D eigenvalue weighted by Crippen LogP contribution is 2.13. The summed E-state index contributed by atoms with van der Waals surface area (Å²) in [6, 6.07) is 8.43. The molecule has 86 valence electrons. The zero-order valence-electron chi connectivity index (χ0n) is 9.83. The van der Waals surface area contributed by atoms with Crippen LogP contribution in [0, 0.1) is 6.92 Å². The number of hydrogen-bond acceptors (Lipinski definition) is 2. The maximum absolute atomic E-state index is 11.9. The lowest BCUT2D eigenvalue weighted by atomic mass is 9.99. The van der Waals surface area contributed by atoms with Gasteiger partial charge in [0, 0.05) is 6.42 Å². The fourth-order valence-electron chi connectivity index (χ4n) is 2.28. The minimum atomic E-state index is 0.129. The van der Waals surface area contributed by atoms with Crippen molar-refractivity contribution >= 4 is 5.78 Å². The van der Waals surface area contributed by atoms with E-state index in [2.05, 4.69) is 24.4 Å². The van der Waals surface area contributed by atoms with Gasteiger partial charge in [-0.15, -0.1) is 0 Å². The standard InChI is InChI=1S/C14H19NO/c1-11-5-2-3-6-12(11)8-9-14(16)13-7-4-10-15-13/h2-3,5-6,13,15H,4,7-10H2,1H3. The Morgan fingerprint density at radius 3 is 2.94 bits per heavy atom. The molecule has 0 amide bonds. The first-order valence-electron chi connectivity index (χ1n) is 6.08. The summed E-state index contributed by atoms with van der Waals surface area (Å²) in [5, 5.41) is 3.26. The molecule has 2 rings (SSSR count). The SMILES string of the molecule is Cc1ccccc1CCC(=O)C1CCCN1. The molecule has 1 saturated heterocycles. The first-order valence-corrected chi connectivity index (χ1v) is 6.08. The zero-order chi connectivity index (χ0) is 11.4. The quantitative estimate of drug-likeness (QED) is 0.838. The highest BCUT2D eigenvalue weighted by atomic mass is 16.1. The van der Waals surface area contributed by atoms with Crippen LogP contribution in [0.3, 0.4) is 0 Å². The van der Waals surface area contributed by atoms with Gasteiger partial charge in [0.2, 0.25) is 0 Å². The lowest BCUT2D eigenvalue weighted by molar-refractivity contribution is -0.120. The molecule has 1 aliphatic heterocycles. The van der Waals surface area contributed by atoms with Crippen LogP contribution in [0.25, 0.3) is 0 Å². The molecule has 0 aromatic heterocycles. The van der Waals surface area contributed by atoms with E-state index in [4.69, 9.17) is 0 Å². The number of hydrogen-bond donors (Lipinski definition) is 1. The van der Waals surface area contributed by atoms with Crippen LogP contribution in [0.4, 0.5) is 0 Å². The van der Waals surface area contributed by atoms with E-state index < -0.39 is 0 Å². The zero-order valence-corrected chi connectivity index (χ0v) is 9.83. The first kappa shape index (κ1) is 11.3. The van der Waals surface area contributed by atoms with Crippen molar-refractivity contribution in [1.82, 2.24) is 5.32 Å². The Morgan fingerprint density at radius 2 is 2.25 bits per heavy atom. The van der Waals surface area contributed by atoms with Crippen molar-refractivity contribution in [2.75, 3.05) is 6.54 Å². The summed E-state index contributed by atoms with van der Waals surface area (Å²) in [4.78, 5) is 11.9. The van der Waals surface area contributed by atoms with E-state index >= 15 is 0 Å². The van der Waals surface area contributed by atoms with Crippen LogP contribution < -0.4 is 5.32 Å². The molecule has 1 atom stereocenters. The van der Waals surface area contributed by atoms with Gasteiger partial charge in [-0.1, -0.05) is 24.3 Å². The van der Waals surface area contributed by atoms with Crippen LogP contribution in [0.1, 0.15) is 30.4 Å². The Kier molecular flexibility index (Phi) is 3.73. The first-order chi connectivity index (χ1) is 7.77. The van der Waals surface area contributed by atoms with Crippen LogP contribution in [-0.2, 0) is 11.2 Å². The Labute approximate surface area is 97.1 Å². The average molecular weight is 217 g/mol. The molecule has 0 saturated carbocycles. The van der Waals surface area contributed by atoms with Crippen LogP contribution in [0.15, 0.2) is 24.3 Å². The van der Waals surface area contributed by atoms with Crippen molar-refractivity contribution in [3.63, 3.8) is 0 Å². The van der Waals surface area contributed by atoms with Gasteiger partial charge in [-0.3, -0.25) is 4.79 Å². The van der Waals surface area contributed by atoms with Crippen LogP contribution in [0.2, 0.25) is 0 Å². The molecular formula is C14H19NO. The van der Waals surface area contributed by atoms with Crippen molar-refractivity contribution in [1.29, 1.82) is 0 Å². The predicted molar refractivity (Wildman–Crippen MR) is 65.5 cm³/mol. The molecule has 0 radical (unpaired) electrons. The normalized spacial score (nSPS) is 19.9. The summed E-state index contributed by atoms with van der Waals surface area (Å²) in [6.07, 6.45) is 3.71. The second-order valence-corrected chi connectivity index (χ2v) is 4.54. The maximum Gasteiger partial charge on any atom is 0.150 e. The summed E-state index contributed by atoms with van der Waals surface area (Å²) >= 11 is 0. The van der Waals surface area contributed by atoms with Gasteiger partial charge in [0.05, 0.1) is 6.04 Å². The van der Waals surface area contributed by atoms with Gasteiger partial charge in [0.1, 0.15) is 5.78 Å². The van der Waals surface area contributed by atoms with Crippen LogP contribution >= 0.6 is 0 Å². The molecule has 1 aromatic carbocycles. The third-order valence-electron chi connectivity index (χ3n) is 3.35. The van der Waals surface area contributed by atoms with Crippen molar-refractivity contribution in [2.45, 2.75) is 38.6 Å². The van der Waals surface area contributed by atoms with Crippen molar-refractivity contribution < 1.29 is 4.79 Å². The number of benzene rings is 1. The fraction of sp³-hybridized carbons (Fsp3) is 0.500.